The molecular weight excluding hydrogens is 777 g/mol. The number of Topliss-reactive ketones (excluding diaryl/α,β-unsaturated/α-hetero) is 1. The predicted molar refractivity (Wildman–Crippen MR) is 189 cm³/mol. The Morgan fingerprint density at radius 1 is 0.966 bits per heavy atom. The van der Waals surface area contributed by atoms with E-state index < -0.39 is 138 Å². The lowest BCUT2D eigenvalue weighted by Crippen LogP contribution is -2.70. The third-order valence-electron chi connectivity index (χ3n) is 13.5. The first kappa shape index (κ1) is 44.7. The van der Waals surface area contributed by atoms with Gasteiger partial charge in [0.25, 0.3) is 0 Å². The average Bonchev–Trinajstić information content (AvgIpc) is 3.56. The summed E-state index contributed by atoms with van der Waals surface area (Å²) in [7, 11) is 0. The number of carboxylic acid groups (broad SMARTS) is 1. The van der Waals surface area contributed by atoms with E-state index in [0.717, 1.165) is 12.5 Å². The molecule has 3 saturated carbocycles. The topological polar surface area (TPSA) is 309 Å². The number of allylic oxidation sites excluding steroid dienone is 4. The van der Waals surface area contributed by atoms with E-state index in [4.69, 9.17) is 28.8 Å². The number of hydrogen-bond acceptors (Lipinski definition) is 17. The Kier molecular flexibility index (Phi) is 12.0. The van der Waals surface area contributed by atoms with Crippen molar-refractivity contribution in [3.63, 3.8) is 0 Å². The second-order valence-corrected chi connectivity index (χ2v) is 17.2. The first-order valence-corrected chi connectivity index (χ1v) is 19.2. The zero-order valence-electron chi connectivity index (χ0n) is 32.6. The fraction of sp³-hybridized carbons (Fsp3) is 0.789. The van der Waals surface area contributed by atoms with Crippen LogP contribution in [0.3, 0.4) is 0 Å². The molecule has 3 saturated heterocycles. The van der Waals surface area contributed by atoms with Gasteiger partial charge in [-0.1, -0.05) is 18.6 Å². The Morgan fingerprint density at radius 2 is 1.64 bits per heavy atom. The van der Waals surface area contributed by atoms with Crippen LogP contribution in [-0.2, 0) is 42.9 Å². The second-order valence-electron chi connectivity index (χ2n) is 17.2. The fourth-order valence-electron chi connectivity index (χ4n) is 10.9. The van der Waals surface area contributed by atoms with E-state index in [2.05, 4.69) is 5.32 Å². The largest absolute Gasteiger partial charge is 0.479 e. The maximum absolute atomic E-state index is 17.1. The molecule has 6 fully saturated rings. The normalized spacial score (nSPS) is 48.9. The van der Waals surface area contributed by atoms with Crippen molar-refractivity contribution in [3.8, 4) is 0 Å². The molecule has 326 valence electrons. The summed E-state index contributed by atoms with van der Waals surface area (Å²) in [5, 5.41) is 91.6. The van der Waals surface area contributed by atoms with Crippen molar-refractivity contribution in [1.82, 2.24) is 5.32 Å². The van der Waals surface area contributed by atoms with Crippen LogP contribution < -0.4 is 5.32 Å². The number of ether oxygens (including phenoxy) is 5. The molecule has 0 bridgehead atoms. The zero-order valence-corrected chi connectivity index (χ0v) is 32.6. The third kappa shape index (κ3) is 6.77. The summed E-state index contributed by atoms with van der Waals surface area (Å²) in [5.74, 6) is -4.72. The highest BCUT2D eigenvalue weighted by molar-refractivity contribution is 6.01. The number of aliphatic hydroxyl groups is 8. The molecule has 7 aliphatic rings. The van der Waals surface area contributed by atoms with Gasteiger partial charge in [-0.3, -0.25) is 14.4 Å². The van der Waals surface area contributed by atoms with E-state index in [1.54, 1.807) is 26.8 Å². The number of hydrogen-bond donors (Lipinski definition) is 10. The molecule has 7 rings (SSSR count). The molecule has 3 aliphatic heterocycles. The molecular formula is C38H54FNO18. The van der Waals surface area contributed by atoms with Crippen LogP contribution in [0.1, 0.15) is 60.3 Å². The molecule has 0 unspecified atom stereocenters. The van der Waals surface area contributed by atoms with Gasteiger partial charge in [-0.2, -0.15) is 0 Å². The summed E-state index contributed by atoms with van der Waals surface area (Å²) < 4.78 is 44.8. The molecule has 18 atom stereocenters. The summed E-state index contributed by atoms with van der Waals surface area (Å²) in [6.07, 6.45) is -11.8. The molecule has 0 aromatic carbocycles. The molecule has 0 aromatic rings. The standard InChI is InChI=1S/C24H31FO6.C14H23NO12/c1-20(2)30-19-10-16-15-6-5-13-9-14(27)7-8-21(13,3)23(15,25)17(28)11-22(16,4)24(19,31-20)18(29)12-26;1-3(17)15-5-10(6(18)4(2-16)25-13(5)24)26-14-9(21)7(19)8(20)11(27-14)12(22)23/h7-9,15-17,19,26,28H,5-6,10-12H2,1-4H3;4-11,13-14,16,18-21,24H,2H2,1H3,(H,15,17)(H,22,23)/t15-,16-,17-,19+,21-,22-,23-,24+;4-,5-,6-,7+,8+,9-,10-,11+,13-,14-/m01/s1. The van der Waals surface area contributed by atoms with Crippen molar-refractivity contribution in [2.75, 3.05) is 13.2 Å². The number of aliphatic carboxylic acids is 1. The molecule has 1 amide bonds. The number of carboxylic acids is 1. The number of nitrogens with one attached hydrogen (secondary N) is 1. The van der Waals surface area contributed by atoms with Gasteiger partial charge in [0.1, 0.15) is 49.3 Å². The Hall–Kier alpha value is -2.83. The second kappa shape index (κ2) is 15.6. The van der Waals surface area contributed by atoms with Gasteiger partial charge in [0.2, 0.25) is 5.91 Å². The Bertz CT molecular complexity index is 1710. The van der Waals surface area contributed by atoms with E-state index in [9.17, 15) is 60.0 Å². The highest BCUT2D eigenvalue weighted by Crippen LogP contribution is 2.72. The quantitative estimate of drug-likeness (QED) is 0.124. The van der Waals surface area contributed by atoms with Gasteiger partial charge in [-0.15, -0.1) is 0 Å². The molecule has 20 heteroatoms. The third-order valence-corrected chi connectivity index (χ3v) is 13.5. The Morgan fingerprint density at radius 3 is 2.24 bits per heavy atom. The van der Waals surface area contributed by atoms with Gasteiger partial charge in [-0.25, -0.2) is 9.18 Å². The van der Waals surface area contributed by atoms with Gasteiger partial charge >= 0.3 is 5.97 Å². The summed E-state index contributed by atoms with van der Waals surface area (Å²) in [4.78, 5) is 47.6. The maximum atomic E-state index is 17.1. The van der Waals surface area contributed by atoms with Gasteiger partial charge < -0.3 is 75.0 Å². The maximum Gasteiger partial charge on any atom is 0.335 e. The number of carbonyl (C=O) groups excluding carboxylic acids is 3. The lowest BCUT2D eigenvalue weighted by molar-refractivity contribution is -0.336. The molecule has 10 N–H and O–H groups in total. The van der Waals surface area contributed by atoms with Crippen LogP contribution in [0.15, 0.2) is 23.8 Å². The number of ketones is 2. The van der Waals surface area contributed by atoms with Gasteiger partial charge in [0, 0.05) is 23.7 Å². The van der Waals surface area contributed by atoms with E-state index in [1.807, 2.05) is 6.92 Å². The van der Waals surface area contributed by atoms with E-state index >= 15 is 4.39 Å². The highest BCUT2D eigenvalue weighted by atomic mass is 19.1. The number of carbonyl (C=O) groups is 4. The number of aliphatic hydroxyl groups excluding tert-OH is 8. The SMILES string of the molecule is CC(=O)N[C@@H]1[C@@H](O[C@@H]2O[C@H](C(=O)O)[C@@H](O)[C@H](O)[C@H]2O)[C@H](O)[C@@H](CO)O[C@H]1O.CC1(C)O[C@@H]2C[C@H]3[C@@H]4CCC5=CC(=O)C=C[C@]5(C)[C@@]4(F)[C@@H](O)C[C@]3(C)[C@]2(C(=O)CO)O1. The Balaban J connectivity index is 0.000000198. The Labute approximate surface area is 332 Å². The molecule has 3 heterocycles. The van der Waals surface area contributed by atoms with Crippen LogP contribution in [0.4, 0.5) is 4.39 Å². The van der Waals surface area contributed by atoms with E-state index in [-0.39, 0.29) is 18.1 Å². The lowest BCUT2D eigenvalue weighted by atomic mass is 9.44. The van der Waals surface area contributed by atoms with Crippen LogP contribution >= 0.6 is 0 Å². The summed E-state index contributed by atoms with van der Waals surface area (Å²) in [6, 6.07) is -1.37. The molecule has 58 heavy (non-hydrogen) atoms. The number of alkyl halides is 1. The minimum absolute atomic E-state index is 0.0109. The van der Waals surface area contributed by atoms with Crippen LogP contribution in [0, 0.1) is 22.7 Å². The number of fused-ring (bicyclic) bond motifs is 7. The highest BCUT2D eigenvalue weighted by Gasteiger charge is 2.80. The van der Waals surface area contributed by atoms with Crippen molar-refractivity contribution in [3.05, 3.63) is 23.8 Å². The van der Waals surface area contributed by atoms with Gasteiger partial charge in [0.05, 0.1) is 18.8 Å². The summed E-state index contributed by atoms with van der Waals surface area (Å²) >= 11 is 0. The van der Waals surface area contributed by atoms with Gasteiger partial charge in [-0.05, 0) is 64.5 Å². The average molecular weight is 832 g/mol. The predicted octanol–water partition coefficient (Wildman–Crippen LogP) is -2.74. The molecule has 0 aromatic heterocycles. The minimum atomic E-state index is -1.98. The summed E-state index contributed by atoms with van der Waals surface area (Å²) in [6.45, 7) is 6.80. The zero-order chi connectivity index (χ0) is 43.1. The van der Waals surface area contributed by atoms with Crippen LogP contribution in [0.2, 0.25) is 0 Å². The molecule has 4 aliphatic carbocycles. The van der Waals surface area contributed by atoms with Crippen molar-refractivity contribution in [2.24, 2.45) is 22.7 Å². The minimum Gasteiger partial charge on any atom is -0.479 e. The molecule has 19 nitrogen and oxygen atoms in total. The molecule has 0 radical (unpaired) electrons. The lowest BCUT2D eigenvalue weighted by Gasteiger charge is -2.62. The fourth-order valence-corrected chi connectivity index (χ4v) is 10.9. The van der Waals surface area contributed by atoms with E-state index in [0.29, 0.717) is 19.3 Å². The summed E-state index contributed by atoms with van der Waals surface area (Å²) in [5.41, 5.74) is -4.66. The van der Waals surface area contributed by atoms with Crippen molar-refractivity contribution in [2.45, 2.75) is 151 Å². The van der Waals surface area contributed by atoms with E-state index in [1.165, 1.54) is 12.2 Å². The van der Waals surface area contributed by atoms with Crippen LogP contribution in [0.5, 0.6) is 0 Å². The van der Waals surface area contributed by atoms with Crippen molar-refractivity contribution < 1.29 is 93.2 Å². The smallest absolute Gasteiger partial charge is 0.335 e. The first-order chi connectivity index (χ1) is 26.9. The van der Waals surface area contributed by atoms with Crippen molar-refractivity contribution in [1.29, 1.82) is 0 Å². The number of rotatable bonds is 7. The number of amides is 1. The first-order valence-electron chi connectivity index (χ1n) is 19.2. The van der Waals surface area contributed by atoms with Crippen LogP contribution in [-0.4, -0.2) is 173 Å². The van der Waals surface area contributed by atoms with Crippen molar-refractivity contribution >= 4 is 23.4 Å². The molecule has 0 spiro atoms. The number of halogens is 1. The van der Waals surface area contributed by atoms with Gasteiger partial charge in [0.15, 0.2) is 47.3 Å². The monoisotopic (exact) mass is 831 g/mol. The van der Waals surface area contributed by atoms with Crippen LogP contribution in [0.25, 0.3) is 0 Å².